The summed E-state index contributed by atoms with van der Waals surface area (Å²) in [5.74, 6) is 0.672. The number of hydrogen-bond acceptors (Lipinski definition) is 4. The third-order valence-corrected chi connectivity index (χ3v) is 5.85. The Morgan fingerprint density at radius 2 is 1.88 bits per heavy atom. The van der Waals surface area contributed by atoms with Crippen molar-refractivity contribution in [1.82, 2.24) is 14.1 Å². The summed E-state index contributed by atoms with van der Waals surface area (Å²) in [7, 11) is 1.64. The maximum absolute atomic E-state index is 14.7. The van der Waals surface area contributed by atoms with Crippen LogP contribution in [-0.4, -0.2) is 39.1 Å². The first-order valence-electron chi connectivity index (χ1n) is 10.6. The first-order valence-corrected chi connectivity index (χ1v) is 10.6. The Morgan fingerprint density at radius 3 is 2.64 bits per heavy atom. The van der Waals surface area contributed by atoms with Crippen molar-refractivity contribution in [2.45, 2.75) is 20.0 Å². The molecule has 0 atom stereocenters. The molecule has 2 heterocycles. The molecule has 168 valence electrons. The number of hydrogen-bond donors (Lipinski definition) is 1. The molecule has 0 amide bonds. The summed E-state index contributed by atoms with van der Waals surface area (Å²) in [6, 6.07) is 16.1. The van der Waals surface area contributed by atoms with Gasteiger partial charge in [0.05, 0.1) is 23.2 Å². The second-order valence-corrected chi connectivity index (χ2v) is 7.71. The summed E-state index contributed by atoms with van der Waals surface area (Å²) in [5, 5.41) is 10.7. The van der Waals surface area contributed by atoms with Crippen LogP contribution in [0.5, 0.6) is 5.75 Å². The Kier molecular flexibility index (Phi) is 5.22. The second kappa shape index (κ2) is 8.22. The molecule has 8 heteroatoms. The van der Waals surface area contributed by atoms with Crippen LogP contribution in [0.1, 0.15) is 6.92 Å². The van der Waals surface area contributed by atoms with Crippen LogP contribution in [0.3, 0.4) is 0 Å². The Morgan fingerprint density at radius 1 is 1.06 bits per heavy atom. The molecule has 3 aromatic carbocycles. The van der Waals surface area contributed by atoms with E-state index >= 15 is 0 Å². The zero-order valence-corrected chi connectivity index (χ0v) is 18.2. The van der Waals surface area contributed by atoms with Crippen LogP contribution in [0, 0.1) is 5.82 Å². The highest BCUT2D eigenvalue weighted by molar-refractivity contribution is 6.09. The fourth-order valence-corrected chi connectivity index (χ4v) is 4.49. The Bertz CT molecular complexity index is 1520. The summed E-state index contributed by atoms with van der Waals surface area (Å²) in [4.78, 5) is 15.7. The number of halogens is 1. The lowest BCUT2D eigenvalue weighted by Gasteiger charge is -2.10. The van der Waals surface area contributed by atoms with Crippen LogP contribution in [0.2, 0.25) is 0 Å². The average molecular weight is 447 g/mol. The minimum Gasteiger partial charge on any atom is -0.449 e. The van der Waals surface area contributed by atoms with E-state index in [-0.39, 0.29) is 11.6 Å². The number of nitrogens with zero attached hydrogens (tertiary/aromatic N) is 3. The molecule has 2 aromatic heterocycles. The van der Waals surface area contributed by atoms with E-state index in [0.29, 0.717) is 36.6 Å². The molecule has 0 saturated heterocycles. The molecule has 0 aliphatic rings. The van der Waals surface area contributed by atoms with E-state index in [1.54, 1.807) is 31.4 Å². The van der Waals surface area contributed by atoms with Gasteiger partial charge in [-0.15, -0.1) is 0 Å². The number of aromatic nitrogens is 3. The average Bonchev–Trinajstić information content (AvgIpc) is 3.32. The van der Waals surface area contributed by atoms with Gasteiger partial charge in [-0.25, -0.2) is 14.2 Å². The van der Waals surface area contributed by atoms with Crippen LogP contribution in [0.15, 0.2) is 54.6 Å². The number of para-hydroxylation sites is 1. The lowest BCUT2D eigenvalue weighted by molar-refractivity contribution is 0.144. The predicted molar refractivity (Wildman–Crippen MR) is 124 cm³/mol. The van der Waals surface area contributed by atoms with Gasteiger partial charge in [-0.05, 0) is 43.3 Å². The summed E-state index contributed by atoms with van der Waals surface area (Å²) < 4.78 is 28.8. The summed E-state index contributed by atoms with van der Waals surface area (Å²) >= 11 is 0. The molecule has 0 radical (unpaired) electrons. The van der Waals surface area contributed by atoms with Crippen molar-refractivity contribution >= 4 is 39.0 Å². The van der Waals surface area contributed by atoms with Crippen LogP contribution in [0.4, 0.5) is 9.18 Å². The standard InChI is InChI=1S/C25H22FN3O4/c1-3-28-21-9-7-15(13-18(21)17-5-4-6-19(26)23(17)28)24-27-20-14-16(33-25(30)31)8-10-22(20)29(24)11-12-32-2/h4-10,13-14H,3,11-12H2,1-2H3,(H,30,31). The van der Waals surface area contributed by atoms with Crippen molar-refractivity contribution in [3.8, 4) is 17.1 Å². The van der Waals surface area contributed by atoms with Crippen LogP contribution < -0.4 is 4.74 Å². The molecular weight excluding hydrogens is 425 g/mol. The summed E-state index contributed by atoms with van der Waals surface area (Å²) in [6.07, 6.45) is -1.38. The van der Waals surface area contributed by atoms with Gasteiger partial charge in [0.15, 0.2) is 0 Å². The molecule has 0 unspecified atom stereocenters. The normalized spacial score (nSPS) is 11.6. The van der Waals surface area contributed by atoms with E-state index in [2.05, 4.69) is 0 Å². The first kappa shape index (κ1) is 21.0. The van der Waals surface area contributed by atoms with E-state index in [1.807, 2.05) is 40.3 Å². The maximum Gasteiger partial charge on any atom is 0.511 e. The smallest absolute Gasteiger partial charge is 0.449 e. The lowest BCUT2D eigenvalue weighted by atomic mass is 10.1. The van der Waals surface area contributed by atoms with E-state index in [4.69, 9.17) is 19.6 Å². The van der Waals surface area contributed by atoms with Crippen LogP contribution in [0.25, 0.3) is 44.2 Å². The Hall–Kier alpha value is -3.91. The fraction of sp³-hybridized carbons (Fsp3) is 0.200. The third-order valence-electron chi connectivity index (χ3n) is 5.85. The van der Waals surface area contributed by atoms with Crippen molar-refractivity contribution in [1.29, 1.82) is 0 Å². The largest absolute Gasteiger partial charge is 0.511 e. The molecule has 33 heavy (non-hydrogen) atoms. The number of methoxy groups -OCH3 is 1. The molecule has 7 nitrogen and oxygen atoms in total. The van der Waals surface area contributed by atoms with Crippen molar-refractivity contribution in [2.24, 2.45) is 0 Å². The lowest BCUT2D eigenvalue weighted by Crippen LogP contribution is -2.06. The number of ether oxygens (including phenoxy) is 2. The number of rotatable bonds is 6. The molecule has 0 saturated carbocycles. The number of imidazole rings is 1. The highest BCUT2D eigenvalue weighted by Crippen LogP contribution is 2.35. The number of benzene rings is 3. The quantitative estimate of drug-likeness (QED) is 0.268. The van der Waals surface area contributed by atoms with E-state index in [1.165, 1.54) is 6.07 Å². The van der Waals surface area contributed by atoms with Gasteiger partial charge in [-0.3, -0.25) is 0 Å². The number of carboxylic acid groups (broad SMARTS) is 1. The molecular formula is C25H22FN3O4. The van der Waals surface area contributed by atoms with E-state index < -0.39 is 6.16 Å². The maximum atomic E-state index is 14.7. The SMILES string of the molecule is CCn1c2ccc(-c3nc4cc(OC(=O)O)ccc4n3CCOC)cc2c2cccc(F)c21. The fourth-order valence-electron chi connectivity index (χ4n) is 4.49. The Balaban J connectivity index is 1.73. The third kappa shape index (κ3) is 3.48. The molecule has 0 bridgehead atoms. The van der Waals surface area contributed by atoms with Gasteiger partial charge in [0.2, 0.25) is 0 Å². The predicted octanol–water partition coefficient (Wildman–Crippen LogP) is 5.67. The topological polar surface area (TPSA) is 78.5 Å². The molecule has 0 aliphatic heterocycles. The van der Waals surface area contributed by atoms with Crippen LogP contribution >= 0.6 is 0 Å². The number of fused-ring (bicyclic) bond motifs is 4. The van der Waals surface area contributed by atoms with E-state index in [9.17, 15) is 9.18 Å². The van der Waals surface area contributed by atoms with Gasteiger partial charge in [-0.1, -0.05) is 12.1 Å². The van der Waals surface area contributed by atoms with Crippen molar-refractivity contribution in [3.63, 3.8) is 0 Å². The number of carbonyl (C=O) groups is 1. The van der Waals surface area contributed by atoms with Gasteiger partial charge in [0.1, 0.15) is 17.4 Å². The van der Waals surface area contributed by atoms with Gasteiger partial charge in [0, 0.05) is 48.1 Å². The monoisotopic (exact) mass is 447 g/mol. The van der Waals surface area contributed by atoms with Crippen molar-refractivity contribution in [3.05, 3.63) is 60.4 Å². The second-order valence-electron chi connectivity index (χ2n) is 7.71. The van der Waals surface area contributed by atoms with Gasteiger partial charge in [0.25, 0.3) is 0 Å². The highest BCUT2D eigenvalue weighted by atomic mass is 19.1. The zero-order chi connectivity index (χ0) is 23.1. The first-order chi connectivity index (χ1) is 16.0. The minimum absolute atomic E-state index is 0.204. The minimum atomic E-state index is -1.38. The van der Waals surface area contributed by atoms with Gasteiger partial charge < -0.3 is 23.7 Å². The van der Waals surface area contributed by atoms with Gasteiger partial charge >= 0.3 is 6.16 Å². The Labute approximate surface area is 188 Å². The van der Waals surface area contributed by atoms with Crippen molar-refractivity contribution in [2.75, 3.05) is 13.7 Å². The van der Waals surface area contributed by atoms with E-state index in [0.717, 1.165) is 27.4 Å². The summed E-state index contributed by atoms with van der Waals surface area (Å²) in [6.45, 7) is 3.69. The highest BCUT2D eigenvalue weighted by Gasteiger charge is 2.18. The molecule has 5 rings (SSSR count). The summed E-state index contributed by atoms with van der Waals surface area (Å²) in [5.41, 5.74) is 3.87. The van der Waals surface area contributed by atoms with Crippen LogP contribution in [-0.2, 0) is 17.8 Å². The number of aryl methyl sites for hydroxylation is 1. The van der Waals surface area contributed by atoms with Gasteiger partial charge in [-0.2, -0.15) is 0 Å². The molecule has 0 fully saturated rings. The molecule has 5 aromatic rings. The van der Waals surface area contributed by atoms with Crippen molar-refractivity contribution < 1.29 is 23.8 Å². The zero-order valence-electron chi connectivity index (χ0n) is 18.2. The molecule has 1 N–H and O–H groups in total. The molecule has 0 aliphatic carbocycles. The molecule has 0 spiro atoms.